The van der Waals surface area contributed by atoms with Crippen molar-refractivity contribution in [2.45, 2.75) is 26.3 Å². The summed E-state index contributed by atoms with van der Waals surface area (Å²) < 4.78 is 13.0. The second kappa shape index (κ2) is 5.14. The molecule has 0 aliphatic rings. The number of rotatable bonds is 3. The van der Waals surface area contributed by atoms with E-state index in [9.17, 15) is 9.18 Å². The van der Waals surface area contributed by atoms with Crippen LogP contribution in [0, 0.1) is 12.7 Å². The van der Waals surface area contributed by atoms with Gasteiger partial charge in [0.05, 0.1) is 12.1 Å². The van der Waals surface area contributed by atoms with Gasteiger partial charge in [0.25, 0.3) is 0 Å². The summed E-state index contributed by atoms with van der Waals surface area (Å²) in [5.41, 5.74) is 0.463. The minimum absolute atomic E-state index is 0.178. The number of hydrogen-bond acceptors (Lipinski definition) is 2. The van der Waals surface area contributed by atoms with Crippen molar-refractivity contribution in [3.63, 3.8) is 0 Å². The molecule has 94 valence electrons. The Morgan fingerprint density at radius 1 is 1.47 bits per heavy atom. The van der Waals surface area contributed by atoms with Crippen LogP contribution in [0.25, 0.3) is 0 Å². The van der Waals surface area contributed by atoms with Crippen molar-refractivity contribution in [3.05, 3.63) is 29.6 Å². The highest BCUT2D eigenvalue weighted by Gasteiger charge is 2.19. The van der Waals surface area contributed by atoms with Crippen LogP contribution in [0.5, 0.6) is 0 Å². The standard InChI is InChI=1S/C12H17FN2O2/c1-8-4-5-9(13)6-10(8)14-11(17)15-12(2,3)7-16/h4-6,16H,7H2,1-3H3,(H2,14,15,17). The highest BCUT2D eigenvalue weighted by molar-refractivity contribution is 5.90. The first-order valence-corrected chi connectivity index (χ1v) is 5.30. The molecule has 0 fully saturated rings. The number of urea groups is 1. The molecule has 0 bridgehead atoms. The molecule has 17 heavy (non-hydrogen) atoms. The number of benzene rings is 1. The van der Waals surface area contributed by atoms with Gasteiger partial charge in [-0.2, -0.15) is 0 Å². The summed E-state index contributed by atoms with van der Waals surface area (Å²) in [6.07, 6.45) is 0. The van der Waals surface area contributed by atoms with Crippen LogP contribution in [-0.2, 0) is 0 Å². The topological polar surface area (TPSA) is 61.4 Å². The maximum Gasteiger partial charge on any atom is 0.319 e. The Labute approximate surface area is 99.8 Å². The third-order valence-corrected chi connectivity index (χ3v) is 2.30. The van der Waals surface area contributed by atoms with Crippen molar-refractivity contribution in [1.82, 2.24) is 5.32 Å². The van der Waals surface area contributed by atoms with Crippen molar-refractivity contribution in [3.8, 4) is 0 Å². The Morgan fingerprint density at radius 2 is 2.12 bits per heavy atom. The fourth-order valence-electron chi connectivity index (χ4n) is 1.23. The number of halogens is 1. The molecule has 0 aliphatic heterocycles. The van der Waals surface area contributed by atoms with Crippen LogP contribution in [0.1, 0.15) is 19.4 Å². The van der Waals surface area contributed by atoms with Crippen molar-refractivity contribution < 1.29 is 14.3 Å². The third-order valence-electron chi connectivity index (χ3n) is 2.30. The predicted octanol–water partition coefficient (Wildman–Crippen LogP) is 2.03. The summed E-state index contributed by atoms with van der Waals surface area (Å²) >= 11 is 0. The van der Waals surface area contributed by atoms with E-state index >= 15 is 0 Å². The highest BCUT2D eigenvalue weighted by Crippen LogP contribution is 2.16. The van der Waals surface area contributed by atoms with Crippen molar-refractivity contribution >= 4 is 11.7 Å². The predicted molar refractivity (Wildman–Crippen MR) is 64.5 cm³/mol. The van der Waals surface area contributed by atoms with Crippen LogP contribution in [0.2, 0.25) is 0 Å². The Kier molecular flexibility index (Phi) is 4.07. The lowest BCUT2D eigenvalue weighted by Gasteiger charge is -2.23. The van der Waals surface area contributed by atoms with E-state index in [4.69, 9.17) is 5.11 Å². The summed E-state index contributed by atoms with van der Waals surface area (Å²) in [6, 6.07) is 3.69. The molecular formula is C12H17FN2O2. The number of carbonyl (C=O) groups is 1. The van der Waals surface area contributed by atoms with Crippen LogP contribution in [0.15, 0.2) is 18.2 Å². The molecule has 0 aromatic heterocycles. The van der Waals surface area contributed by atoms with Crippen LogP contribution in [0.3, 0.4) is 0 Å². The number of carbonyl (C=O) groups excluding carboxylic acids is 1. The zero-order valence-electron chi connectivity index (χ0n) is 10.2. The summed E-state index contributed by atoms with van der Waals surface area (Å²) in [4.78, 5) is 11.6. The molecule has 0 spiro atoms. The van der Waals surface area contributed by atoms with Crippen molar-refractivity contribution in [2.24, 2.45) is 0 Å². The van der Waals surface area contributed by atoms with Gasteiger partial charge in [-0.05, 0) is 38.5 Å². The van der Waals surface area contributed by atoms with E-state index in [1.807, 2.05) is 0 Å². The molecule has 2 amide bonds. The lowest BCUT2D eigenvalue weighted by Crippen LogP contribution is -2.48. The summed E-state index contributed by atoms with van der Waals surface area (Å²) in [6.45, 7) is 4.96. The molecule has 1 aromatic rings. The number of amides is 2. The van der Waals surface area contributed by atoms with Crippen molar-refractivity contribution in [2.75, 3.05) is 11.9 Å². The average molecular weight is 240 g/mol. The fourth-order valence-corrected chi connectivity index (χ4v) is 1.23. The summed E-state index contributed by atoms with van der Waals surface area (Å²) in [7, 11) is 0. The van der Waals surface area contributed by atoms with E-state index in [0.29, 0.717) is 5.69 Å². The van der Waals surface area contributed by atoms with Gasteiger partial charge >= 0.3 is 6.03 Å². The molecule has 0 saturated heterocycles. The smallest absolute Gasteiger partial charge is 0.319 e. The number of nitrogens with one attached hydrogen (secondary N) is 2. The van der Waals surface area contributed by atoms with Gasteiger partial charge in [0, 0.05) is 5.69 Å². The minimum Gasteiger partial charge on any atom is -0.394 e. The first-order valence-electron chi connectivity index (χ1n) is 5.30. The number of anilines is 1. The zero-order chi connectivity index (χ0) is 13.1. The molecule has 5 heteroatoms. The van der Waals surface area contributed by atoms with Gasteiger partial charge < -0.3 is 15.7 Å². The normalized spacial score (nSPS) is 11.1. The molecule has 4 nitrogen and oxygen atoms in total. The number of aliphatic hydroxyl groups is 1. The molecular weight excluding hydrogens is 223 g/mol. The SMILES string of the molecule is Cc1ccc(F)cc1NC(=O)NC(C)(C)CO. The lowest BCUT2D eigenvalue weighted by atomic mass is 10.1. The van der Waals surface area contributed by atoms with Gasteiger partial charge in [0.15, 0.2) is 0 Å². The molecule has 0 radical (unpaired) electrons. The summed E-state index contributed by atoms with van der Waals surface area (Å²) in [5, 5.41) is 14.1. The third kappa shape index (κ3) is 4.03. The monoisotopic (exact) mass is 240 g/mol. The van der Waals surface area contributed by atoms with E-state index in [1.165, 1.54) is 12.1 Å². The van der Waals surface area contributed by atoms with Gasteiger partial charge in [-0.3, -0.25) is 0 Å². The Morgan fingerprint density at radius 3 is 2.71 bits per heavy atom. The van der Waals surface area contributed by atoms with Gasteiger partial charge in [-0.15, -0.1) is 0 Å². The molecule has 0 unspecified atom stereocenters. The van der Waals surface area contributed by atoms with E-state index in [-0.39, 0.29) is 6.61 Å². The molecule has 0 saturated carbocycles. The first-order chi connectivity index (χ1) is 7.84. The Balaban J connectivity index is 2.71. The molecule has 0 heterocycles. The van der Waals surface area contributed by atoms with E-state index in [1.54, 1.807) is 26.8 Å². The molecule has 3 N–H and O–H groups in total. The maximum absolute atomic E-state index is 13.0. The van der Waals surface area contributed by atoms with Gasteiger partial charge in [0.2, 0.25) is 0 Å². The second-order valence-corrected chi connectivity index (χ2v) is 4.58. The molecule has 1 aromatic carbocycles. The Hall–Kier alpha value is -1.62. The first kappa shape index (κ1) is 13.4. The molecule has 1 rings (SSSR count). The van der Waals surface area contributed by atoms with Crippen LogP contribution in [-0.4, -0.2) is 23.3 Å². The molecule has 0 atom stereocenters. The van der Waals surface area contributed by atoms with E-state index in [0.717, 1.165) is 5.56 Å². The average Bonchev–Trinajstić information content (AvgIpc) is 2.23. The fraction of sp³-hybridized carbons (Fsp3) is 0.417. The van der Waals surface area contributed by atoms with E-state index in [2.05, 4.69) is 10.6 Å². The van der Waals surface area contributed by atoms with E-state index < -0.39 is 17.4 Å². The highest BCUT2D eigenvalue weighted by atomic mass is 19.1. The number of hydrogen-bond donors (Lipinski definition) is 3. The Bertz CT molecular complexity index is 419. The number of aryl methyl sites for hydroxylation is 1. The van der Waals surface area contributed by atoms with Crippen LogP contribution < -0.4 is 10.6 Å². The summed E-state index contributed by atoms with van der Waals surface area (Å²) in [5.74, 6) is -0.410. The quantitative estimate of drug-likeness (QED) is 0.757. The zero-order valence-corrected chi connectivity index (χ0v) is 10.2. The van der Waals surface area contributed by atoms with Crippen LogP contribution >= 0.6 is 0 Å². The largest absolute Gasteiger partial charge is 0.394 e. The van der Waals surface area contributed by atoms with Gasteiger partial charge in [-0.25, -0.2) is 9.18 Å². The van der Waals surface area contributed by atoms with Gasteiger partial charge in [0.1, 0.15) is 5.82 Å². The second-order valence-electron chi connectivity index (χ2n) is 4.58. The number of aliphatic hydroxyl groups excluding tert-OH is 1. The lowest BCUT2D eigenvalue weighted by molar-refractivity contribution is 0.187. The van der Waals surface area contributed by atoms with Gasteiger partial charge in [-0.1, -0.05) is 6.07 Å². The maximum atomic E-state index is 13.0. The minimum atomic E-state index is -0.717. The van der Waals surface area contributed by atoms with Crippen LogP contribution in [0.4, 0.5) is 14.9 Å². The van der Waals surface area contributed by atoms with Crippen molar-refractivity contribution in [1.29, 1.82) is 0 Å². The molecule has 0 aliphatic carbocycles.